The molecule has 2 aromatic heterocycles. The molecule has 0 aliphatic carbocycles. The summed E-state index contributed by atoms with van der Waals surface area (Å²) in [6, 6.07) is 7.37. The van der Waals surface area contributed by atoms with Gasteiger partial charge in [-0.1, -0.05) is 6.07 Å². The molecule has 0 spiro atoms. The Morgan fingerprint density at radius 3 is 2.52 bits per heavy atom. The van der Waals surface area contributed by atoms with E-state index in [1.54, 1.807) is 37.8 Å². The van der Waals surface area contributed by atoms with Crippen LogP contribution in [0.4, 0.5) is 0 Å². The molecule has 0 amide bonds. The number of rotatable bonds is 4. The molecule has 1 unspecified atom stereocenters. The molecular formula is C15H16N4O2S2. The molecule has 120 valence electrons. The fourth-order valence-electron chi connectivity index (χ4n) is 2.54. The van der Waals surface area contributed by atoms with Gasteiger partial charge in [0.25, 0.3) is 0 Å². The molecule has 0 radical (unpaired) electrons. The van der Waals surface area contributed by atoms with Crippen LogP contribution in [0.1, 0.15) is 31.2 Å². The predicted molar refractivity (Wildman–Crippen MR) is 90.7 cm³/mol. The van der Waals surface area contributed by atoms with Crippen LogP contribution < -0.4 is 5.14 Å². The molecule has 3 aromatic rings. The quantitative estimate of drug-likeness (QED) is 0.780. The number of primary sulfonamides is 1. The fourth-order valence-corrected chi connectivity index (χ4v) is 3.77. The van der Waals surface area contributed by atoms with E-state index in [0.717, 1.165) is 15.8 Å². The minimum Gasteiger partial charge on any atom is -0.245 e. The summed E-state index contributed by atoms with van der Waals surface area (Å²) in [6.45, 7) is 3.18. The van der Waals surface area contributed by atoms with E-state index in [1.807, 2.05) is 18.2 Å². The Kier molecular flexibility index (Phi) is 3.91. The largest absolute Gasteiger partial charge is 0.245 e. The van der Waals surface area contributed by atoms with E-state index >= 15 is 0 Å². The first-order valence-electron chi connectivity index (χ1n) is 6.93. The first-order chi connectivity index (χ1) is 10.8. The molecule has 0 aliphatic rings. The molecule has 23 heavy (non-hydrogen) atoms. The van der Waals surface area contributed by atoms with E-state index in [2.05, 4.69) is 15.0 Å². The first-order valence-corrected chi connectivity index (χ1v) is 9.36. The maximum atomic E-state index is 12.2. The summed E-state index contributed by atoms with van der Waals surface area (Å²) in [5, 5.41) is 5.48. The third-order valence-corrected chi connectivity index (χ3v) is 6.47. The molecule has 3 rings (SSSR count). The Balaban J connectivity index is 2.23. The number of benzene rings is 1. The van der Waals surface area contributed by atoms with Gasteiger partial charge in [0.2, 0.25) is 10.0 Å². The molecule has 0 saturated carbocycles. The molecule has 2 heterocycles. The van der Waals surface area contributed by atoms with Gasteiger partial charge in [-0.25, -0.2) is 28.5 Å². The van der Waals surface area contributed by atoms with Crippen molar-refractivity contribution in [1.82, 2.24) is 15.0 Å². The summed E-state index contributed by atoms with van der Waals surface area (Å²) in [5.41, 5.74) is 3.35. The normalized spacial score (nSPS) is 14.0. The SMILES string of the molecule is CC(C)(C(c1ccc2scnc2c1)c1ncccn1)S(N)(=O)=O. The van der Waals surface area contributed by atoms with Gasteiger partial charge in [0.05, 0.1) is 26.4 Å². The number of nitrogens with two attached hydrogens (primary N) is 1. The van der Waals surface area contributed by atoms with Gasteiger partial charge in [-0.05, 0) is 37.6 Å². The molecule has 1 aromatic carbocycles. The topological polar surface area (TPSA) is 98.8 Å². The van der Waals surface area contributed by atoms with Gasteiger partial charge in [-0.2, -0.15) is 0 Å². The van der Waals surface area contributed by atoms with E-state index < -0.39 is 20.7 Å². The second-order valence-electron chi connectivity index (χ2n) is 5.77. The van der Waals surface area contributed by atoms with Gasteiger partial charge in [-0.3, -0.25) is 0 Å². The smallest absolute Gasteiger partial charge is 0.215 e. The molecule has 8 heteroatoms. The lowest BCUT2D eigenvalue weighted by Crippen LogP contribution is -2.44. The van der Waals surface area contributed by atoms with Crippen molar-refractivity contribution < 1.29 is 8.42 Å². The number of fused-ring (bicyclic) bond motifs is 1. The number of thiazole rings is 1. The van der Waals surface area contributed by atoms with Crippen LogP contribution in [0.15, 0.2) is 42.2 Å². The third kappa shape index (κ3) is 2.85. The van der Waals surface area contributed by atoms with Gasteiger partial charge in [-0.15, -0.1) is 11.3 Å². The lowest BCUT2D eigenvalue weighted by Gasteiger charge is -2.31. The second-order valence-corrected chi connectivity index (χ2v) is 8.80. The molecule has 0 fully saturated rings. The zero-order valence-corrected chi connectivity index (χ0v) is 14.3. The van der Waals surface area contributed by atoms with Crippen molar-refractivity contribution in [3.8, 4) is 0 Å². The van der Waals surface area contributed by atoms with Crippen molar-refractivity contribution in [3.63, 3.8) is 0 Å². The second kappa shape index (κ2) is 5.63. The van der Waals surface area contributed by atoms with Gasteiger partial charge >= 0.3 is 0 Å². The number of hydrogen-bond donors (Lipinski definition) is 1. The van der Waals surface area contributed by atoms with Crippen LogP contribution in [-0.2, 0) is 10.0 Å². The Morgan fingerprint density at radius 1 is 1.17 bits per heavy atom. The van der Waals surface area contributed by atoms with Gasteiger partial charge in [0.15, 0.2) is 0 Å². The van der Waals surface area contributed by atoms with Gasteiger partial charge in [0, 0.05) is 12.4 Å². The Bertz CT molecular complexity index is 936. The summed E-state index contributed by atoms with van der Waals surface area (Å²) in [5.74, 6) is -0.175. The standard InChI is InChI=1S/C15H16N4O2S2/c1-15(2,23(16,20)21)13(14-17-6-3-7-18-14)10-4-5-12-11(8-10)19-9-22-12/h3-9,13H,1-2H3,(H2,16,20,21). The van der Waals surface area contributed by atoms with E-state index in [0.29, 0.717) is 5.82 Å². The zero-order chi connectivity index (χ0) is 16.7. The number of sulfonamides is 1. The average Bonchev–Trinajstić information content (AvgIpc) is 2.95. The molecule has 0 saturated heterocycles. The van der Waals surface area contributed by atoms with Crippen LogP contribution in [0.3, 0.4) is 0 Å². The van der Waals surface area contributed by atoms with Crippen LogP contribution in [0.5, 0.6) is 0 Å². The number of aromatic nitrogens is 3. The average molecular weight is 348 g/mol. The van der Waals surface area contributed by atoms with Crippen molar-refractivity contribution >= 4 is 31.6 Å². The number of nitrogens with zero attached hydrogens (tertiary/aromatic N) is 3. The van der Waals surface area contributed by atoms with Crippen molar-refractivity contribution in [2.24, 2.45) is 5.14 Å². The Labute approximate surface area is 138 Å². The lowest BCUT2D eigenvalue weighted by atomic mass is 9.86. The van der Waals surface area contributed by atoms with E-state index in [9.17, 15) is 8.42 Å². The summed E-state index contributed by atoms with van der Waals surface area (Å²) in [6.07, 6.45) is 3.19. The highest BCUT2D eigenvalue weighted by molar-refractivity contribution is 7.90. The Morgan fingerprint density at radius 2 is 1.87 bits per heavy atom. The molecule has 6 nitrogen and oxygen atoms in total. The van der Waals surface area contributed by atoms with Crippen molar-refractivity contribution in [1.29, 1.82) is 0 Å². The minimum atomic E-state index is -3.84. The summed E-state index contributed by atoms with van der Waals surface area (Å²) in [7, 11) is -3.84. The van der Waals surface area contributed by atoms with Gasteiger partial charge < -0.3 is 0 Å². The number of hydrogen-bond acceptors (Lipinski definition) is 6. The van der Waals surface area contributed by atoms with E-state index in [-0.39, 0.29) is 0 Å². The Hall–Kier alpha value is -1.90. The molecule has 0 aliphatic heterocycles. The van der Waals surface area contributed by atoms with Crippen LogP contribution in [0.2, 0.25) is 0 Å². The monoisotopic (exact) mass is 348 g/mol. The van der Waals surface area contributed by atoms with Crippen LogP contribution >= 0.6 is 11.3 Å². The summed E-state index contributed by atoms with van der Waals surface area (Å²) in [4.78, 5) is 12.8. The minimum absolute atomic E-state index is 0.418. The lowest BCUT2D eigenvalue weighted by molar-refractivity contribution is 0.507. The highest BCUT2D eigenvalue weighted by atomic mass is 32.2. The third-order valence-electron chi connectivity index (χ3n) is 3.96. The highest BCUT2D eigenvalue weighted by Crippen LogP contribution is 2.38. The molecule has 1 atom stereocenters. The van der Waals surface area contributed by atoms with Crippen molar-refractivity contribution in [2.75, 3.05) is 0 Å². The summed E-state index contributed by atoms with van der Waals surface area (Å²) < 4.78 is 24.1. The van der Waals surface area contributed by atoms with Crippen molar-refractivity contribution in [3.05, 3.63) is 53.6 Å². The highest BCUT2D eigenvalue weighted by Gasteiger charge is 2.43. The fraction of sp³-hybridized carbons (Fsp3) is 0.267. The predicted octanol–water partition coefficient (Wildman–Crippen LogP) is 2.29. The van der Waals surface area contributed by atoms with Crippen LogP contribution in [0.25, 0.3) is 10.2 Å². The maximum absolute atomic E-state index is 12.2. The van der Waals surface area contributed by atoms with E-state index in [4.69, 9.17) is 5.14 Å². The molecule has 0 bridgehead atoms. The summed E-state index contributed by atoms with van der Waals surface area (Å²) >= 11 is 1.53. The van der Waals surface area contributed by atoms with Crippen molar-refractivity contribution in [2.45, 2.75) is 24.5 Å². The first kappa shape index (κ1) is 16.0. The zero-order valence-electron chi connectivity index (χ0n) is 12.7. The molecular weight excluding hydrogens is 332 g/mol. The van der Waals surface area contributed by atoms with Gasteiger partial charge in [0.1, 0.15) is 5.82 Å². The van der Waals surface area contributed by atoms with Crippen LogP contribution in [0, 0.1) is 0 Å². The van der Waals surface area contributed by atoms with Crippen LogP contribution in [-0.4, -0.2) is 28.1 Å². The molecule has 2 N–H and O–H groups in total. The maximum Gasteiger partial charge on any atom is 0.215 e. The van der Waals surface area contributed by atoms with E-state index in [1.165, 1.54) is 11.3 Å².